The summed E-state index contributed by atoms with van der Waals surface area (Å²) in [5, 5.41) is 0.321. The van der Waals surface area contributed by atoms with Crippen molar-refractivity contribution in [3.63, 3.8) is 0 Å². The zero-order valence-corrected chi connectivity index (χ0v) is 17.0. The maximum atomic E-state index is 15.1. The Kier molecular flexibility index (Phi) is 4.36. The van der Waals surface area contributed by atoms with Gasteiger partial charge in [-0.05, 0) is 26.0 Å². The number of hydrogen-bond acceptors (Lipinski definition) is 6. The molecule has 29 heavy (non-hydrogen) atoms. The van der Waals surface area contributed by atoms with Crippen molar-refractivity contribution in [2.24, 2.45) is 11.8 Å². The normalized spacial score (nSPS) is 21.5. The van der Waals surface area contributed by atoms with E-state index in [-0.39, 0.29) is 12.0 Å². The van der Waals surface area contributed by atoms with Gasteiger partial charge in [0.25, 0.3) is 0 Å². The molecule has 2 saturated heterocycles. The fourth-order valence-corrected chi connectivity index (χ4v) is 4.64. The molecule has 7 nitrogen and oxygen atoms in total. The van der Waals surface area contributed by atoms with E-state index in [2.05, 4.69) is 33.3 Å². The van der Waals surface area contributed by atoms with Crippen LogP contribution in [-0.4, -0.2) is 45.8 Å². The number of nitrogen functional groups attached to an aromatic ring is 1. The molecule has 4 heterocycles. The van der Waals surface area contributed by atoms with Crippen LogP contribution in [0.2, 0.25) is 5.02 Å². The molecular formula is C20H22ClFN6O. The SMILES string of the molecule is CC(C)n1c(N2CC3COCC3C2)nc2c(F)cc(-c3nc(N)ncc3Cl)cc21. The molecule has 0 saturated carbocycles. The lowest BCUT2D eigenvalue weighted by Crippen LogP contribution is -2.26. The van der Waals surface area contributed by atoms with Crippen LogP contribution >= 0.6 is 11.6 Å². The molecule has 9 heteroatoms. The highest BCUT2D eigenvalue weighted by Gasteiger charge is 2.39. The summed E-state index contributed by atoms with van der Waals surface area (Å²) in [5.41, 5.74) is 7.74. The Labute approximate surface area is 172 Å². The number of rotatable bonds is 3. The van der Waals surface area contributed by atoms with E-state index < -0.39 is 5.82 Å². The summed E-state index contributed by atoms with van der Waals surface area (Å²) in [6, 6.07) is 3.39. The number of fused-ring (bicyclic) bond motifs is 2. The average molecular weight is 417 g/mol. The highest BCUT2D eigenvalue weighted by molar-refractivity contribution is 6.33. The summed E-state index contributed by atoms with van der Waals surface area (Å²) in [6.07, 6.45) is 1.43. The first-order chi connectivity index (χ1) is 13.9. The van der Waals surface area contributed by atoms with Crippen LogP contribution in [0.25, 0.3) is 22.3 Å². The Morgan fingerprint density at radius 2 is 1.93 bits per heavy atom. The Bertz CT molecular complexity index is 1090. The highest BCUT2D eigenvalue weighted by atomic mass is 35.5. The lowest BCUT2D eigenvalue weighted by Gasteiger charge is -2.22. The van der Waals surface area contributed by atoms with Gasteiger partial charge in [0.2, 0.25) is 11.9 Å². The second-order valence-electron chi connectivity index (χ2n) is 8.09. The molecule has 2 unspecified atom stereocenters. The molecule has 2 N–H and O–H groups in total. The Hall–Kier alpha value is -2.45. The second-order valence-corrected chi connectivity index (χ2v) is 8.50. The van der Waals surface area contributed by atoms with E-state index in [1.807, 2.05) is 6.07 Å². The van der Waals surface area contributed by atoms with Crippen LogP contribution in [0, 0.1) is 17.7 Å². The molecular weight excluding hydrogens is 395 g/mol. The van der Waals surface area contributed by atoms with Crippen LogP contribution < -0.4 is 10.6 Å². The van der Waals surface area contributed by atoms with Crippen molar-refractivity contribution in [2.75, 3.05) is 36.9 Å². The average Bonchev–Trinajstić information content (AvgIpc) is 3.35. The maximum Gasteiger partial charge on any atom is 0.220 e. The smallest absolute Gasteiger partial charge is 0.220 e. The van der Waals surface area contributed by atoms with E-state index in [1.54, 1.807) is 0 Å². The van der Waals surface area contributed by atoms with Gasteiger partial charge in [0.1, 0.15) is 5.52 Å². The first kappa shape index (κ1) is 18.6. The van der Waals surface area contributed by atoms with Crippen LogP contribution in [0.3, 0.4) is 0 Å². The summed E-state index contributed by atoms with van der Waals surface area (Å²) < 4.78 is 22.8. The third-order valence-electron chi connectivity index (χ3n) is 5.81. The fourth-order valence-electron chi connectivity index (χ4n) is 4.44. The Morgan fingerprint density at radius 1 is 1.21 bits per heavy atom. The zero-order valence-electron chi connectivity index (χ0n) is 16.3. The van der Waals surface area contributed by atoms with Crippen LogP contribution in [0.5, 0.6) is 0 Å². The number of anilines is 2. The summed E-state index contributed by atoms with van der Waals surface area (Å²) in [7, 11) is 0. The molecule has 152 valence electrons. The molecule has 2 atom stereocenters. The number of aromatic nitrogens is 4. The van der Waals surface area contributed by atoms with E-state index in [0.717, 1.165) is 32.3 Å². The van der Waals surface area contributed by atoms with Gasteiger partial charge >= 0.3 is 0 Å². The largest absolute Gasteiger partial charge is 0.381 e. The van der Waals surface area contributed by atoms with Gasteiger partial charge in [0, 0.05) is 36.5 Å². The lowest BCUT2D eigenvalue weighted by molar-refractivity contribution is 0.177. The Balaban J connectivity index is 1.66. The summed E-state index contributed by atoms with van der Waals surface area (Å²) in [4.78, 5) is 15.0. The standard InChI is InChI=1S/C20H22ClFN6O/c1-10(2)28-16-4-11(17-14(21)5-24-19(23)25-17)3-15(22)18(16)26-20(28)27-6-12-8-29-9-13(12)7-27/h3-5,10,12-13H,6-9H2,1-2H3,(H2,23,24,25). The first-order valence-corrected chi connectivity index (χ1v) is 10.1. The minimum Gasteiger partial charge on any atom is -0.381 e. The third-order valence-corrected chi connectivity index (χ3v) is 6.08. The van der Waals surface area contributed by atoms with Gasteiger partial charge in [-0.25, -0.2) is 19.3 Å². The predicted octanol–water partition coefficient (Wildman–Crippen LogP) is 3.53. The van der Waals surface area contributed by atoms with Gasteiger partial charge in [-0.1, -0.05) is 11.6 Å². The van der Waals surface area contributed by atoms with Gasteiger partial charge in [0.05, 0.1) is 35.6 Å². The molecule has 2 aliphatic heterocycles. The van der Waals surface area contributed by atoms with E-state index in [1.165, 1.54) is 12.3 Å². The van der Waals surface area contributed by atoms with E-state index in [9.17, 15) is 0 Å². The quantitative estimate of drug-likeness (QED) is 0.703. The fraction of sp³-hybridized carbons (Fsp3) is 0.450. The number of ether oxygens (including phenoxy) is 1. The van der Waals surface area contributed by atoms with Crippen molar-refractivity contribution in [1.82, 2.24) is 19.5 Å². The molecule has 0 radical (unpaired) electrons. The number of nitrogens with zero attached hydrogens (tertiary/aromatic N) is 5. The third kappa shape index (κ3) is 3.02. The topological polar surface area (TPSA) is 82.1 Å². The maximum absolute atomic E-state index is 15.1. The number of imidazole rings is 1. The van der Waals surface area contributed by atoms with Crippen LogP contribution in [0.1, 0.15) is 19.9 Å². The summed E-state index contributed by atoms with van der Waals surface area (Å²) in [5.74, 6) is 1.51. The first-order valence-electron chi connectivity index (χ1n) is 9.75. The number of halogens is 2. The monoisotopic (exact) mass is 416 g/mol. The van der Waals surface area contributed by atoms with Gasteiger partial charge in [-0.15, -0.1) is 0 Å². The zero-order chi connectivity index (χ0) is 20.3. The summed E-state index contributed by atoms with van der Waals surface area (Å²) >= 11 is 6.25. The van der Waals surface area contributed by atoms with Crippen LogP contribution in [0.4, 0.5) is 16.3 Å². The number of nitrogens with two attached hydrogens (primary N) is 1. The number of benzene rings is 1. The molecule has 3 aromatic rings. The van der Waals surface area contributed by atoms with Crippen LogP contribution in [-0.2, 0) is 4.74 Å². The van der Waals surface area contributed by atoms with Crippen molar-refractivity contribution < 1.29 is 9.13 Å². The van der Waals surface area contributed by atoms with E-state index in [0.29, 0.717) is 39.1 Å². The lowest BCUT2D eigenvalue weighted by atomic mass is 10.0. The Morgan fingerprint density at radius 3 is 2.62 bits per heavy atom. The van der Waals surface area contributed by atoms with Crippen molar-refractivity contribution in [3.05, 3.63) is 29.2 Å². The molecule has 2 aromatic heterocycles. The van der Waals surface area contributed by atoms with Gasteiger partial charge in [0.15, 0.2) is 5.82 Å². The second kappa shape index (κ2) is 6.81. The van der Waals surface area contributed by atoms with Crippen molar-refractivity contribution in [3.8, 4) is 11.3 Å². The van der Waals surface area contributed by atoms with Gasteiger partial charge < -0.3 is 19.9 Å². The van der Waals surface area contributed by atoms with Crippen LogP contribution in [0.15, 0.2) is 18.3 Å². The van der Waals surface area contributed by atoms with Gasteiger partial charge in [-0.2, -0.15) is 0 Å². The van der Waals surface area contributed by atoms with Gasteiger partial charge in [-0.3, -0.25) is 0 Å². The van der Waals surface area contributed by atoms with E-state index >= 15 is 4.39 Å². The van der Waals surface area contributed by atoms with E-state index in [4.69, 9.17) is 27.1 Å². The highest BCUT2D eigenvalue weighted by Crippen LogP contribution is 2.37. The van der Waals surface area contributed by atoms with Crippen molar-refractivity contribution in [1.29, 1.82) is 0 Å². The molecule has 0 amide bonds. The molecule has 5 rings (SSSR count). The number of hydrogen-bond donors (Lipinski definition) is 1. The van der Waals surface area contributed by atoms with Crippen molar-refractivity contribution in [2.45, 2.75) is 19.9 Å². The molecule has 2 fully saturated rings. The predicted molar refractivity (Wildman–Crippen MR) is 111 cm³/mol. The molecule has 1 aromatic carbocycles. The molecule has 0 spiro atoms. The molecule has 2 aliphatic rings. The minimum absolute atomic E-state index is 0.0915. The summed E-state index contributed by atoms with van der Waals surface area (Å²) in [6.45, 7) is 7.48. The minimum atomic E-state index is -0.408. The van der Waals surface area contributed by atoms with Crippen molar-refractivity contribution >= 4 is 34.5 Å². The molecule has 0 bridgehead atoms. The molecule has 0 aliphatic carbocycles.